The molecule has 0 saturated carbocycles. The zero-order valence-corrected chi connectivity index (χ0v) is 16.2. The van der Waals surface area contributed by atoms with E-state index in [1.165, 1.54) is 36.4 Å². The molecule has 5 nitrogen and oxygen atoms in total. The van der Waals surface area contributed by atoms with Gasteiger partial charge >= 0.3 is 12.5 Å². The summed E-state index contributed by atoms with van der Waals surface area (Å²) in [6.07, 6.45) is -9.65. The number of nitrogens with zero attached hydrogens (tertiary/aromatic N) is 2. The molecule has 3 rings (SSSR count). The maximum atomic E-state index is 13.1. The zero-order chi connectivity index (χ0) is 22.6. The summed E-state index contributed by atoms with van der Waals surface area (Å²) in [5.41, 5.74) is 0.163. The third-order valence-electron chi connectivity index (χ3n) is 3.84. The smallest absolute Gasteiger partial charge is 0.405 e. The highest BCUT2D eigenvalue weighted by Gasteiger charge is 2.35. The van der Waals surface area contributed by atoms with Crippen LogP contribution in [0.2, 0.25) is 0 Å². The van der Waals surface area contributed by atoms with Crippen molar-refractivity contribution in [1.82, 2.24) is 15.3 Å². The second-order valence-electron chi connectivity index (χ2n) is 6.09. The molecule has 0 saturated heterocycles. The minimum atomic E-state index is -4.89. The minimum absolute atomic E-state index is 0.0334. The normalized spacial score (nSPS) is 12.1. The molecule has 164 valence electrons. The maximum absolute atomic E-state index is 13.1. The molecule has 2 aromatic carbocycles. The molecule has 0 aliphatic heterocycles. The summed E-state index contributed by atoms with van der Waals surface area (Å²) in [5.74, 6) is -2.70. The summed E-state index contributed by atoms with van der Waals surface area (Å²) in [5, 5.41) is 2.73. The van der Waals surface area contributed by atoms with E-state index in [9.17, 15) is 31.1 Å². The van der Waals surface area contributed by atoms with E-state index < -0.39 is 30.0 Å². The molecule has 0 fully saturated rings. The SMILES string of the molecule is O=C(CSc1nc(C(F)(F)F)nc2ccccc12)NCc1ccccc1OC(F)(F)F. The number of aromatic nitrogens is 2. The van der Waals surface area contributed by atoms with Gasteiger partial charge in [0.25, 0.3) is 0 Å². The van der Waals surface area contributed by atoms with Crippen LogP contribution >= 0.6 is 11.8 Å². The number of hydrogen-bond donors (Lipinski definition) is 1. The van der Waals surface area contributed by atoms with E-state index in [0.29, 0.717) is 5.39 Å². The highest BCUT2D eigenvalue weighted by atomic mass is 32.2. The molecule has 0 unspecified atom stereocenters. The van der Waals surface area contributed by atoms with E-state index in [2.05, 4.69) is 20.0 Å². The fourth-order valence-electron chi connectivity index (χ4n) is 2.54. The quantitative estimate of drug-likeness (QED) is 0.320. The van der Waals surface area contributed by atoms with Gasteiger partial charge in [0.05, 0.1) is 11.3 Å². The monoisotopic (exact) mass is 461 g/mol. The molecular formula is C19H13F6N3O2S. The van der Waals surface area contributed by atoms with E-state index in [1.807, 2.05) is 0 Å². The lowest BCUT2D eigenvalue weighted by molar-refractivity contribution is -0.274. The highest BCUT2D eigenvalue weighted by molar-refractivity contribution is 8.00. The van der Waals surface area contributed by atoms with Crippen LogP contribution in [0, 0.1) is 0 Å². The Morgan fingerprint density at radius 1 is 0.968 bits per heavy atom. The number of halogens is 6. The van der Waals surface area contributed by atoms with E-state index in [0.717, 1.165) is 17.8 Å². The summed E-state index contributed by atoms with van der Waals surface area (Å²) >= 11 is 0.763. The topological polar surface area (TPSA) is 64.1 Å². The first-order valence-electron chi connectivity index (χ1n) is 8.60. The van der Waals surface area contributed by atoms with Crippen molar-refractivity contribution in [2.45, 2.75) is 24.1 Å². The van der Waals surface area contributed by atoms with E-state index in [1.54, 1.807) is 6.07 Å². The predicted molar refractivity (Wildman–Crippen MR) is 100 cm³/mol. The average Bonchev–Trinajstić information content (AvgIpc) is 2.69. The maximum Gasteiger partial charge on any atom is 0.573 e. The summed E-state index contributed by atoms with van der Waals surface area (Å²) in [4.78, 5) is 19.2. The van der Waals surface area contributed by atoms with Crippen molar-refractivity contribution in [3.63, 3.8) is 0 Å². The van der Waals surface area contributed by atoms with Crippen LogP contribution in [0.15, 0.2) is 53.6 Å². The largest absolute Gasteiger partial charge is 0.573 e. The summed E-state index contributed by atoms with van der Waals surface area (Å²) in [7, 11) is 0. The third-order valence-corrected chi connectivity index (χ3v) is 4.83. The van der Waals surface area contributed by atoms with Crippen molar-refractivity contribution in [1.29, 1.82) is 0 Å². The van der Waals surface area contributed by atoms with E-state index in [-0.39, 0.29) is 28.4 Å². The standard InChI is InChI=1S/C19H13F6N3O2S/c20-18(21,22)17-27-13-7-3-2-6-12(13)16(28-17)31-10-15(29)26-9-11-5-1-4-8-14(11)30-19(23,24)25/h1-8H,9-10H2,(H,26,29). The number of para-hydroxylation sites is 2. The summed E-state index contributed by atoms with van der Waals surface area (Å²) in [6.45, 7) is -0.260. The van der Waals surface area contributed by atoms with Gasteiger partial charge in [0.15, 0.2) is 0 Å². The Kier molecular flexibility index (Phi) is 6.58. The molecule has 1 amide bonds. The number of amides is 1. The van der Waals surface area contributed by atoms with Crippen molar-refractivity contribution in [2.24, 2.45) is 0 Å². The van der Waals surface area contributed by atoms with Gasteiger partial charge < -0.3 is 10.1 Å². The number of thioether (sulfide) groups is 1. The lowest BCUT2D eigenvalue weighted by Gasteiger charge is -2.14. The first kappa shape index (κ1) is 22.7. The molecule has 3 aromatic rings. The van der Waals surface area contributed by atoms with E-state index in [4.69, 9.17) is 0 Å². The molecule has 0 radical (unpaired) electrons. The van der Waals surface area contributed by atoms with E-state index >= 15 is 0 Å². The number of carbonyl (C=O) groups is 1. The fraction of sp³-hybridized carbons (Fsp3) is 0.211. The van der Waals surface area contributed by atoms with Crippen molar-refractivity contribution in [3.05, 3.63) is 59.9 Å². The number of rotatable bonds is 6. The molecule has 1 N–H and O–H groups in total. The number of carbonyl (C=O) groups excluding carboxylic acids is 1. The first-order chi connectivity index (χ1) is 14.5. The van der Waals surface area contributed by atoms with Gasteiger partial charge in [-0.2, -0.15) is 13.2 Å². The van der Waals surface area contributed by atoms with Crippen molar-refractivity contribution in [2.75, 3.05) is 5.75 Å². The molecule has 0 aliphatic carbocycles. The number of ether oxygens (including phenoxy) is 1. The van der Waals surface area contributed by atoms with Gasteiger partial charge in [-0.3, -0.25) is 4.79 Å². The third kappa shape index (κ3) is 6.23. The van der Waals surface area contributed by atoms with Crippen LogP contribution in [-0.4, -0.2) is 28.0 Å². The van der Waals surface area contributed by atoms with Crippen LogP contribution < -0.4 is 10.1 Å². The van der Waals surface area contributed by atoms with Crippen LogP contribution in [0.1, 0.15) is 11.4 Å². The van der Waals surface area contributed by atoms with Crippen molar-refractivity contribution < 1.29 is 35.9 Å². The van der Waals surface area contributed by atoms with Gasteiger partial charge in [0.2, 0.25) is 11.7 Å². The molecular weight excluding hydrogens is 448 g/mol. The lowest BCUT2D eigenvalue weighted by Crippen LogP contribution is -2.26. The average molecular weight is 461 g/mol. The summed E-state index contributed by atoms with van der Waals surface area (Å²) < 4.78 is 80.5. The number of hydrogen-bond acceptors (Lipinski definition) is 5. The molecule has 31 heavy (non-hydrogen) atoms. The molecule has 1 heterocycles. The van der Waals surface area contributed by atoms with Crippen molar-refractivity contribution >= 4 is 28.6 Å². The Morgan fingerprint density at radius 3 is 2.35 bits per heavy atom. The van der Waals surface area contributed by atoms with Gasteiger partial charge in [-0.05, 0) is 12.1 Å². The molecule has 0 atom stereocenters. The van der Waals surface area contributed by atoms with Gasteiger partial charge in [-0.15, -0.1) is 13.2 Å². The predicted octanol–water partition coefficient (Wildman–Crippen LogP) is 4.96. The van der Waals surface area contributed by atoms with Crippen molar-refractivity contribution in [3.8, 4) is 5.75 Å². The van der Waals surface area contributed by atoms with Crippen LogP contribution in [0.5, 0.6) is 5.75 Å². The first-order valence-corrected chi connectivity index (χ1v) is 9.58. The van der Waals surface area contributed by atoms with Gasteiger partial charge in [0.1, 0.15) is 10.8 Å². The highest BCUT2D eigenvalue weighted by Crippen LogP contribution is 2.32. The Hall–Kier alpha value is -3.02. The zero-order valence-electron chi connectivity index (χ0n) is 15.4. The molecule has 1 aromatic heterocycles. The molecule has 0 aliphatic rings. The molecule has 0 spiro atoms. The lowest BCUT2D eigenvalue weighted by atomic mass is 10.2. The molecule has 12 heteroatoms. The number of fused-ring (bicyclic) bond motifs is 1. The molecule has 0 bridgehead atoms. The summed E-state index contributed by atoms with van der Waals surface area (Å²) in [6, 6.07) is 11.3. The van der Waals surface area contributed by atoms with Gasteiger partial charge in [-0.25, -0.2) is 9.97 Å². The Bertz CT molecular complexity index is 1090. The van der Waals surface area contributed by atoms with Crippen LogP contribution in [0.3, 0.4) is 0 Å². The van der Waals surface area contributed by atoms with Crippen LogP contribution in [0.4, 0.5) is 26.3 Å². The van der Waals surface area contributed by atoms with Gasteiger partial charge in [0, 0.05) is 17.5 Å². The second kappa shape index (κ2) is 9.00. The van der Waals surface area contributed by atoms with Crippen LogP contribution in [-0.2, 0) is 17.5 Å². The van der Waals surface area contributed by atoms with Crippen LogP contribution in [0.25, 0.3) is 10.9 Å². The number of alkyl halides is 6. The Balaban J connectivity index is 1.69. The Labute approximate surface area is 175 Å². The Morgan fingerprint density at radius 2 is 1.65 bits per heavy atom. The minimum Gasteiger partial charge on any atom is -0.405 e. The second-order valence-corrected chi connectivity index (χ2v) is 7.05. The number of benzene rings is 2. The van der Waals surface area contributed by atoms with Gasteiger partial charge in [-0.1, -0.05) is 48.2 Å². The fourth-order valence-corrected chi connectivity index (χ4v) is 3.39. The number of nitrogens with one attached hydrogen (secondary N) is 1.